The van der Waals surface area contributed by atoms with E-state index in [1.807, 2.05) is 72.8 Å². The van der Waals surface area contributed by atoms with Gasteiger partial charge >= 0.3 is 149 Å². The van der Waals surface area contributed by atoms with Crippen LogP contribution < -0.4 is 24.8 Å². The fraction of sp³-hybridized carbons (Fsp3) is 0.439. The molecule has 4 aliphatic rings. The number of rotatable bonds is 2. The topological polar surface area (TPSA) is 0 Å². The molecule has 6 heteroatoms. The first-order valence-electron chi connectivity index (χ1n) is 31.0. The van der Waals surface area contributed by atoms with Crippen LogP contribution in [-0.4, -0.2) is 7.42 Å². The van der Waals surface area contributed by atoms with E-state index in [0.717, 1.165) is 35.7 Å². The Morgan fingerprint density at radius 2 is 0.614 bits per heavy atom. The molecule has 6 aromatic carbocycles. The zero-order chi connectivity index (χ0) is 64.8. The van der Waals surface area contributed by atoms with Crippen molar-refractivity contribution in [2.24, 2.45) is 0 Å². The van der Waals surface area contributed by atoms with E-state index >= 15 is 0 Å². The SMILES string of the molecule is CC(C)(C)c1[c-]c2c(cc1C(C)(C)C)-c1cc(C(C)(C)C)c(C(C)(C)C)cc1C2.CC(C)(C)c1[c-]c2c(cc1C(C)(C)C)-c1cc(C(C)(C)C)c(C(C)(C)C)cc1C2.Clc1ccc([CH]=[Zr+2])cc1.Clc1ccc([CH]=[Zr+2])cc1.[C-]1=CC=CC1.[C-]1=CC=CC1.[Cl-].[Cl-]. The molecule has 0 saturated heterocycles. The summed E-state index contributed by atoms with van der Waals surface area (Å²) < 4.78 is 4.26. The van der Waals surface area contributed by atoms with Gasteiger partial charge in [0.2, 0.25) is 0 Å². The first-order valence-corrected chi connectivity index (χ1v) is 34.6. The van der Waals surface area contributed by atoms with Crippen molar-refractivity contribution in [3.63, 3.8) is 0 Å². The average molecular weight is 1410 g/mol. The van der Waals surface area contributed by atoms with E-state index < -0.39 is 0 Å². The van der Waals surface area contributed by atoms with Gasteiger partial charge in [0.1, 0.15) is 0 Å². The molecule has 0 amide bonds. The third kappa shape index (κ3) is 22.0. The van der Waals surface area contributed by atoms with Crippen LogP contribution in [0.15, 0.2) is 121 Å². The molecule has 0 nitrogen and oxygen atoms in total. The van der Waals surface area contributed by atoms with Crippen LogP contribution in [0, 0.1) is 24.3 Å². The van der Waals surface area contributed by atoms with Gasteiger partial charge in [-0.3, -0.25) is 12.2 Å². The third-order valence-electron chi connectivity index (χ3n) is 15.7. The summed E-state index contributed by atoms with van der Waals surface area (Å²) in [5.41, 5.74) is 26.4. The molecule has 6 aromatic rings. The maximum Gasteiger partial charge on any atom is -0.109 e. The van der Waals surface area contributed by atoms with E-state index in [2.05, 4.69) is 246 Å². The van der Waals surface area contributed by atoms with E-state index in [9.17, 15) is 0 Å². The maximum absolute atomic E-state index is 5.66. The second-order valence-electron chi connectivity index (χ2n) is 31.8. The molecular weight excluding hydrogens is 1310 g/mol. The number of halogens is 4. The fourth-order valence-corrected chi connectivity index (χ4v) is 12.2. The Morgan fingerprint density at radius 1 is 0.352 bits per heavy atom. The number of hydrogen-bond acceptors (Lipinski definition) is 0. The molecular formula is C82H102Cl4Zr2-2. The van der Waals surface area contributed by atoms with E-state index in [4.69, 9.17) is 23.2 Å². The molecule has 0 fully saturated rings. The Hall–Kier alpha value is -3.05. The molecule has 0 N–H and O–H groups in total. The van der Waals surface area contributed by atoms with Crippen LogP contribution in [0.5, 0.6) is 0 Å². The number of allylic oxidation sites excluding steroid dienone is 8. The number of benzene rings is 6. The summed E-state index contributed by atoms with van der Waals surface area (Å²) in [6, 6.07) is 38.4. The predicted molar refractivity (Wildman–Crippen MR) is 373 cm³/mol. The molecule has 0 spiro atoms. The van der Waals surface area contributed by atoms with Crippen molar-refractivity contribution in [1.29, 1.82) is 0 Å². The Kier molecular flexibility index (Phi) is 28.5. The largest absolute Gasteiger partial charge is 1.00 e. The van der Waals surface area contributed by atoms with Crippen molar-refractivity contribution in [1.82, 2.24) is 0 Å². The summed E-state index contributed by atoms with van der Waals surface area (Å²) in [5.74, 6) is 0. The van der Waals surface area contributed by atoms with Gasteiger partial charge in [-0.2, -0.15) is 47.5 Å². The van der Waals surface area contributed by atoms with Crippen LogP contribution >= 0.6 is 23.2 Å². The molecule has 0 heterocycles. The summed E-state index contributed by atoms with van der Waals surface area (Å²) in [6.07, 6.45) is 22.0. The summed E-state index contributed by atoms with van der Waals surface area (Å²) in [7, 11) is 0. The molecule has 10 rings (SSSR count). The Balaban J connectivity index is 0.000000315. The predicted octanol–water partition coefficient (Wildman–Crippen LogP) is 17.2. The molecule has 0 bridgehead atoms. The fourth-order valence-electron chi connectivity index (χ4n) is 11.0. The second kappa shape index (κ2) is 31.7. The summed E-state index contributed by atoms with van der Waals surface area (Å²) >= 11 is 14.2. The minimum atomic E-state index is 0. The average Bonchev–Trinajstić information content (AvgIpc) is 3.10. The zero-order valence-electron chi connectivity index (χ0n) is 58.0. The van der Waals surface area contributed by atoms with Crippen molar-refractivity contribution in [3.05, 3.63) is 234 Å². The molecule has 0 aliphatic heterocycles. The quantitative estimate of drug-likeness (QED) is 0.151. The van der Waals surface area contributed by atoms with Gasteiger partial charge in [0.25, 0.3) is 0 Å². The van der Waals surface area contributed by atoms with Gasteiger partial charge in [0, 0.05) is 0 Å². The van der Waals surface area contributed by atoms with Gasteiger partial charge in [-0.15, -0.1) is 46.2 Å². The van der Waals surface area contributed by atoms with Crippen molar-refractivity contribution in [2.45, 2.75) is 235 Å². The van der Waals surface area contributed by atoms with Gasteiger partial charge in [0.05, 0.1) is 0 Å². The third-order valence-corrected chi connectivity index (χ3v) is 17.9. The Morgan fingerprint density at radius 3 is 0.818 bits per heavy atom. The molecule has 0 atom stereocenters. The normalized spacial score (nSPS) is 13.6. The molecule has 0 radical (unpaired) electrons. The molecule has 0 saturated carbocycles. The van der Waals surface area contributed by atoms with Crippen LogP contribution in [0.1, 0.15) is 257 Å². The molecule has 4 aliphatic carbocycles. The van der Waals surface area contributed by atoms with Gasteiger partial charge < -0.3 is 24.8 Å². The molecule has 468 valence electrons. The van der Waals surface area contributed by atoms with Gasteiger partial charge in [-0.1, -0.05) is 212 Å². The first-order chi connectivity index (χ1) is 39.5. The Labute approximate surface area is 589 Å². The summed E-state index contributed by atoms with van der Waals surface area (Å²) in [6.45, 7) is 56.0. The second-order valence-corrected chi connectivity index (χ2v) is 34.1. The molecule has 0 aromatic heterocycles. The van der Waals surface area contributed by atoms with Crippen molar-refractivity contribution in [3.8, 4) is 22.3 Å². The monoisotopic (exact) mass is 1410 g/mol. The maximum atomic E-state index is 5.66. The Bertz CT molecular complexity index is 3040. The van der Waals surface area contributed by atoms with E-state index in [1.165, 1.54) is 149 Å². The van der Waals surface area contributed by atoms with Crippen LogP contribution in [0.4, 0.5) is 0 Å². The van der Waals surface area contributed by atoms with Crippen LogP contribution in [0.25, 0.3) is 22.3 Å². The van der Waals surface area contributed by atoms with Gasteiger partial charge in [0.15, 0.2) is 0 Å². The number of hydrogen-bond donors (Lipinski definition) is 0. The van der Waals surface area contributed by atoms with Crippen molar-refractivity contribution < 1.29 is 73.3 Å². The van der Waals surface area contributed by atoms with Crippen LogP contribution in [0.2, 0.25) is 10.0 Å². The summed E-state index contributed by atoms with van der Waals surface area (Å²) in [5, 5.41) is 1.60. The minimum absolute atomic E-state index is 0. The van der Waals surface area contributed by atoms with Gasteiger partial charge in [-0.25, -0.2) is 24.3 Å². The van der Waals surface area contributed by atoms with Crippen molar-refractivity contribution >= 4 is 30.6 Å². The van der Waals surface area contributed by atoms with Crippen LogP contribution in [0.3, 0.4) is 0 Å². The standard InChI is InChI=1S/2C29H41.2C7H5Cl.2C5H5.2ClH.2Zr/c2*1-26(2,3)22-14-18-13-19-15-23(27(4,5)6)25(29(10,11)12)17-21(19)20(18)16-24(22)28(7,8)9;2*1-6-2-4-7(8)5-3-6;2*1-2-4-5-3-1;;;;/h2*14,16-17H,13H2,1-12H3;2*1-5H;2*1-3H,4H2;2*1H;;/q2*-1;;;2*-1;;;2*+2/p-2. The first kappa shape index (κ1) is 79.2. The van der Waals surface area contributed by atoms with E-state index in [1.54, 1.807) is 0 Å². The zero-order valence-corrected chi connectivity index (χ0v) is 66.0. The summed E-state index contributed by atoms with van der Waals surface area (Å²) in [4.78, 5) is 0. The molecule has 0 unspecified atom stereocenters. The van der Waals surface area contributed by atoms with Gasteiger partial charge in [-0.05, 0) is 78.7 Å². The van der Waals surface area contributed by atoms with E-state index in [-0.39, 0.29) is 68.1 Å². The van der Waals surface area contributed by atoms with Crippen LogP contribution in [-0.2, 0) is 105 Å². The smallest absolute Gasteiger partial charge is 0.109 e. The minimum Gasteiger partial charge on any atom is -1.00 e. The number of fused-ring (bicyclic) bond motifs is 6. The van der Waals surface area contributed by atoms with Crippen molar-refractivity contribution in [2.75, 3.05) is 0 Å². The van der Waals surface area contributed by atoms with E-state index in [0.29, 0.717) is 0 Å². The molecule has 88 heavy (non-hydrogen) atoms.